The average molecular weight is 339 g/mol. The number of thioether (sulfide) groups is 1. The van der Waals surface area contributed by atoms with E-state index in [0.29, 0.717) is 5.25 Å². The standard InChI is InChI=1S/C14H16N2OSSe/c1-8(2)18-9-5-6-10-11(7-9)17-14(3,4)13-12(10)15-16-19-13/h5-8H,1-4H3. The number of ether oxygens (including phenoxy) is 1. The predicted octanol–water partition coefficient (Wildman–Crippen LogP) is 3.33. The van der Waals surface area contributed by atoms with E-state index in [0.717, 1.165) is 17.0 Å². The number of benzene rings is 1. The summed E-state index contributed by atoms with van der Waals surface area (Å²) in [7, 11) is 0. The van der Waals surface area contributed by atoms with Crippen molar-refractivity contribution in [3.05, 3.63) is 22.6 Å². The fourth-order valence-electron chi connectivity index (χ4n) is 2.21. The molecule has 0 saturated carbocycles. The van der Waals surface area contributed by atoms with Gasteiger partial charge in [-0.25, -0.2) is 0 Å². The van der Waals surface area contributed by atoms with Crippen LogP contribution < -0.4 is 4.74 Å². The number of nitrogens with zero attached hydrogens (tertiary/aromatic N) is 2. The molecule has 0 spiro atoms. The first-order valence-corrected chi connectivity index (χ1v) is 8.80. The summed E-state index contributed by atoms with van der Waals surface area (Å²) in [6.45, 7) is 8.60. The zero-order valence-corrected chi connectivity index (χ0v) is 14.0. The molecule has 3 nitrogen and oxygen atoms in total. The van der Waals surface area contributed by atoms with Gasteiger partial charge in [-0.15, -0.1) is 0 Å². The molecule has 1 aromatic heterocycles. The summed E-state index contributed by atoms with van der Waals surface area (Å²) in [5, 5.41) is 4.90. The van der Waals surface area contributed by atoms with Gasteiger partial charge in [0.1, 0.15) is 0 Å². The van der Waals surface area contributed by atoms with Gasteiger partial charge in [0, 0.05) is 0 Å². The molecule has 0 radical (unpaired) electrons. The van der Waals surface area contributed by atoms with E-state index >= 15 is 0 Å². The van der Waals surface area contributed by atoms with Crippen LogP contribution in [0.4, 0.5) is 0 Å². The number of rotatable bonds is 2. The van der Waals surface area contributed by atoms with Crippen molar-refractivity contribution in [1.29, 1.82) is 0 Å². The van der Waals surface area contributed by atoms with Gasteiger partial charge in [-0.2, -0.15) is 0 Å². The topological polar surface area (TPSA) is 35.0 Å². The summed E-state index contributed by atoms with van der Waals surface area (Å²) in [6, 6.07) is 6.40. The fraction of sp³-hybridized carbons (Fsp3) is 0.429. The molecule has 0 N–H and O–H groups in total. The minimum atomic E-state index is -0.285. The molecule has 1 aliphatic rings. The Morgan fingerprint density at radius 2 is 2.11 bits per heavy atom. The van der Waals surface area contributed by atoms with E-state index in [1.807, 2.05) is 11.8 Å². The Morgan fingerprint density at radius 3 is 2.84 bits per heavy atom. The summed E-state index contributed by atoms with van der Waals surface area (Å²) >= 11 is 1.94. The number of hydrogen-bond acceptors (Lipinski definition) is 4. The average Bonchev–Trinajstić information content (AvgIpc) is 2.77. The third-order valence-corrected chi connectivity index (χ3v) is 6.14. The van der Waals surface area contributed by atoms with Gasteiger partial charge in [0.2, 0.25) is 0 Å². The Balaban J connectivity index is 2.09. The van der Waals surface area contributed by atoms with Crippen LogP contribution in [0.2, 0.25) is 0 Å². The van der Waals surface area contributed by atoms with Crippen molar-refractivity contribution in [3.8, 4) is 17.0 Å². The molecule has 0 aliphatic carbocycles. The Labute approximate surface area is 123 Å². The molecule has 1 aliphatic heterocycles. The number of hydrogen-bond donors (Lipinski definition) is 0. The molecule has 0 amide bonds. The number of fused-ring (bicyclic) bond motifs is 3. The zero-order chi connectivity index (χ0) is 13.6. The molecule has 2 aromatic rings. The van der Waals surface area contributed by atoms with Crippen molar-refractivity contribution >= 4 is 26.5 Å². The van der Waals surface area contributed by atoms with E-state index in [2.05, 4.69) is 55.1 Å². The van der Waals surface area contributed by atoms with Gasteiger partial charge in [-0.05, 0) is 0 Å². The first kappa shape index (κ1) is 13.2. The van der Waals surface area contributed by atoms with Gasteiger partial charge in [0.25, 0.3) is 0 Å². The van der Waals surface area contributed by atoms with E-state index in [1.54, 1.807) is 0 Å². The Morgan fingerprint density at radius 1 is 1.32 bits per heavy atom. The molecule has 3 rings (SSSR count). The maximum atomic E-state index is 6.18. The van der Waals surface area contributed by atoms with E-state index < -0.39 is 0 Å². The Hall–Kier alpha value is -0.771. The molecule has 2 heterocycles. The van der Waals surface area contributed by atoms with Crippen molar-refractivity contribution in [1.82, 2.24) is 9.19 Å². The normalized spacial score (nSPS) is 15.8. The molecule has 19 heavy (non-hydrogen) atoms. The molecular formula is C14H16N2OSSe. The van der Waals surface area contributed by atoms with Crippen LogP contribution in [0.15, 0.2) is 23.1 Å². The van der Waals surface area contributed by atoms with Gasteiger partial charge in [-0.1, -0.05) is 0 Å². The fourth-order valence-corrected chi connectivity index (χ4v) is 4.55. The molecule has 5 heteroatoms. The zero-order valence-electron chi connectivity index (χ0n) is 11.4. The minimum absolute atomic E-state index is 0.0852. The van der Waals surface area contributed by atoms with E-state index in [-0.39, 0.29) is 20.3 Å². The maximum absolute atomic E-state index is 6.18. The first-order chi connectivity index (χ1) is 8.97. The molecule has 100 valence electrons. The second-order valence-corrected chi connectivity index (χ2v) is 8.62. The number of aromatic nitrogens is 2. The van der Waals surface area contributed by atoms with Gasteiger partial charge >= 0.3 is 124 Å². The Bertz CT molecular complexity index is 622. The van der Waals surface area contributed by atoms with E-state index in [1.165, 1.54) is 9.33 Å². The van der Waals surface area contributed by atoms with Crippen molar-refractivity contribution < 1.29 is 4.74 Å². The van der Waals surface area contributed by atoms with Crippen LogP contribution in [-0.2, 0) is 5.60 Å². The van der Waals surface area contributed by atoms with Crippen molar-refractivity contribution in [3.63, 3.8) is 0 Å². The van der Waals surface area contributed by atoms with Crippen molar-refractivity contribution in [2.45, 2.75) is 43.4 Å². The second-order valence-electron chi connectivity index (χ2n) is 5.39. The molecule has 0 unspecified atom stereocenters. The third-order valence-electron chi connectivity index (χ3n) is 2.98. The SMILES string of the molecule is CC(C)Sc1ccc2c(c1)OC(C)(C)c1[se]nnc1-2. The predicted molar refractivity (Wildman–Crippen MR) is 79.1 cm³/mol. The quantitative estimate of drug-likeness (QED) is 0.621. The molecule has 0 fully saturated rings. The second kappa shape index (κ2) is 4.65. The van der Waals surface area contributed by atoms with Crippen LogP contribution in [0.3, 0.4) is 0 Å². The van der Waals surface area contributed by atoms with Crippen LogP contribution in [0.25, 0.3) is 11.3 Å². The molecular weight excluding hydrogens is 323 g/mol. The van der Waals surface area contributed by atoms with Crippen LogP contribution in [0.1, 0.15) is 32.1 Å². The molecule has 0 atom stereocenters. The van der Waals surface area contributed by atoms with Gasteiger partial charge in [0.15, 0.2) is 0 Å². The van der Waals surface area contributed by atoms with Gasteiger partial charge in [-0.3, -0.25) is 0 Å². The monoisotopic (exact) mass is 340 g/mol. The summed E-state index contributed by atoms with van der Waals surface area (Å²) in [6.07, 6.45) is 0. The Kier molecular flexibility index (Phi) is 3.24. The molecule has 1 aromatic carbocycles. The summed E-state index contributed by atoms with van der Waals surface area (Å²) in [4.78, 5) is 1.24. The first-order valence-electron chi connectivity index (χ1n) is 6.30. The van der Waals surface area contributed by atoms with Crippen LogP contribution in [0, 0.1) is 0 Å². The van der Waals surface area contributed by atoms with Crippen LogP contribution in [-0.4, -0.2) is 29.2 Å². The summed E-state index contributed by atoms with van der Waals surface area (Å²) < 4.78 is 11.6. The van der Waals surface area contributed by atoms with E-state index in [9.17, 15) is 0 Å². The van der Waals surface area contributed by atoms with Crippen molar-refractivity contribution in [2.75, 3.05) is 0 Å². The summed E-state index contributed by atoms with van der Waals surface area (Å²) in [5.74, 6) is 0.936. The van der Waals surface area contributed by atoms with Crippen LogP contribution in [0.5, 0.6) is 5.75 Å². The molecule has 0 bridgehead atoms. The van der Waals surface area contributed by atoms with Crippen molar-refractivity contribution in [2.24, 2.45) is 0 Å². The summed E-state index contributed by atoms with van der Waals surface area (Å²) in [5.41, 5.74) is 1.84. The van der Waals surface area contributed by atoms with E-state index in [4.69, 9.17) is 4.74 Å². The molecule has 0 saturated heterocycles. The van der Waals surface area contributed by atoms with Gasteiger partial charge in [0.05, 0.1) is 0 Å². The van der Waals surface area contributed by atoms with Gasteiger partial charge < -0.3 is 0 Å². The third kappa shape index (κ3) is 2.35. The van der Waals surface area contributed by atoms with Crippen LogP contribution >= 0.6 is 11.8 Å².